The Morgan fingerprint density at radius 1 is 0.929 bits per heavy atom. The standard InChI is InChI=1S/C33H47N3O6/c1-8-10-21-36(31(39)26(22-25-17-12-11-13-18-25)35-32(40)42-33(5,6)7)29(28-23(3)15-14-16-24(28)4)30(38)34-20-19-27(37)41-9-2/h11-18,26,29H,8-10,19-22H2,1-7H3,(H,34,38)(H,35,40). The number of benzene rings is 2. The maximum absolute atomic E-state index is 14.5. The molecule has 2 aromatic rings. The predicted octanol–water partition coefficient (Wildman–Crippen LogP) is 5.18. The number of aryl methyl sites for hydroxylation is 2. The summed E-state index contributed by atoms with van der Waals surface area (Å²) in [6.07, 6.45) is 0.948. The largest absolute Gasteiger partial charge is 0.466 e. The second-order valence-corrected chi connectivity index (χ2v) is 11.3. The molecule has 0 aliphatic heterocycles. The summed E-state index contributed by atoms with van der Waals surface area (Å²) in [5.41, 5.74) is 2.52. The number of carbonyl (C=O) groups is 4. The zero-order valence-corrected chi connectivity index (χ0v) is 26.1. The molecule has 0 spiro atoms. The van der Waals surface area contributed by atoms with Crippen LogP contribution in [0.15, 0.2) is 48.5 Å². The van der Waals surface area contributed by atoms with E-state index in [0.29, 0.717) is 18.5 Å². The number of nitrogens with one attached hydrogen (secondary N) is 2. The predicted molar refractivity (Wildman–Crippen MR) is 163 cm³/mol. The average molecular weight is 582 g/mol. The first-order chi connectivity index (χ1) is 19.9. The molecule has 2 atom stereocenters. The molecular weight excluding hydrogens is 534 g/mol. The summed E-state index contributed by atoms with van der Waals surface area (Å²) in [4.78, 5) is 54.8. The molecule has 2 unspecified atom stereocenters. The Bertz CT molecular complexity index is 1170. The number of amides is 3. The van der Waals surface area contributed by atoms with Gasteiger partial charge in [-0.25, -0.2) is 4.79 Å². The SMILES string of the molecule is CCCCN(C(=O)C(Cc1ccccc1)NC(=O)OC(C)(C)C)C(C(=O)NCCC(=O)OCC)c1c(C)cccc1C. The number of carbonyl (C=O) groups excluding carboxylic acids is 4. The van der Waals surface area contributed by atoms with Gasteiger partial charge in [-0.05, 0) is 70.2 Å². The molecule has 2 rings (SSSR count). The molecule has 2 aromatic carbocycles. The van der Waals surface area contributed by atoms with Gasteiger partial charge in [0.05, 0.1) is 13.0 Å². The molecule has 0 fully saturated rings. The Kier molecular flexibility index (Phi) is 13.5. The van der Waals surface area contributed by atoms with Crippen molar-refractivity contribution in [3.8, 4) is 0 Å². The van der Waals surface area contributed by atoms with Crippen molar-refractivity contribution >= 4 is 23.9 Å². The Labute approximate surface area is 250 Å². The molecule has 42 heavy (non-hydrogen) atoms. The highest BCUT2D eigenvalue weighted by atomic mass is 16.6. The summed E-state index contributed by atoms with van der Waals surface area (Å²) in [7, 11) is 0. The van der Waals surface area contributed by atoms with Crippen LogP contribution in [0.3, 0.4) is 0 Å². The zero-order chi connectivity index (χ0) is 31.3. The van der Waals surface area contributed by atoms with Gasteiger partial charge in [0, 0.05) is 19.5 Å². The van der Waals surface area contributed by atoms with Crippen LogP contribution in [-0.2, 0) is 30.3 Å². The van der Waals surface area contributed by atoms with E-state index < -0.39 is 41.6 Å². The number of ether oxygens (including phenoxy) is 2. The van der Waals surface area contributed by atoms with Crippen molar-refractivity contribution in [1.82, 2.24) is 15.5 Å². The number of hydrogen-bond donors (Lipinski definition) is 2. The molecule has 0 radical (unpaired) electrons. The van der Waals surface area contributed by atoms with Gasteiger partial charge in [-0.3, -0.25) is 14.4 Å². The summed E-state index contributed by atoms with van der Waals surface area (Å²) in [5, 5.41) is 5.63. The van der Waals surface area contributed by atoms with Gasteiger partial charge in [0.1, 0.15) is 17.7 Å². The molecule has 0 aliphatic rings. The number of esters is 1. The molecule has 9 nitrogen and oxygen atoms in total. The molecule has 0 saturated carbocycles. The summed E-state index contributed by atoms with van der Waals surface area (Å²) in [5.74, 6) is -1.21. The smallest absolute Gasteiger partial charge is 0.408 e. The number of rotatable bonds is 14. The van der Waals surface area contributed by atoms with Crippen LogP contribution in [0.4, 0.5) is 4.79 Å². The molecule has 0 saturated heterocycles. The minimum Gasteiger partial charge on any atom is -0.466 e. The Balaban J connectivity index is 2.55. The fraction of sp³-hybridized carbons (Fsp3) is 0.515. The lowest BCUT2D eigenvalue weighted by atomic mass is 9.93. The van der Waals surface area contributed by atoms with E-state index in [0.717, 1.165) is 23.1 Å². The van der Waals surface area contributed by atoms with Gasteiger partial charge >= 0.3 is 12.1 Å². The lowest BCUT2D eigenvalue weighted by Gasteiger charge is -2.36. The Morgan fingerprint density at radius 3 is 2.14 bits per heavy atom. The third kappa shape index (κ3) is 10.8. The highest BCUT2D eigenvalue weighted by molar-refractivity contribution is 5.93. The van der Waals surface area contributed by atoms with E-state index in [1.807, 2.05) is 69.3 Å². The average Bonchev–Trinajstić information content (AvgIpc) is 2.91. The fourth-order valence-corrected chi connectivity index (χ4v) is 4.70. The van der Waals surface area contributed by atoms with Crippen LogP contribution < -0.4 is 10.6 Å². The lowest BCUT2D eigenvalue weighted by Crippen LogP contribution is -2.54. The van der Waals surface area contributed by atoms with Crippen LogP contribution in [0.1, 0.15) is 82.2 Å². The van der Waals surface area contributed by atoms with E-state index >= 15 is 0 Å². The van der Waals surface area contributed by atoms with E-state index in [9.17, 15) is 19.2 Å². The minimum atomic E-state index is -0.988. The summed E-state index contributed by atoms with van der Waals surface area (Å²) in [6, 6.07) is 13.2. The Hall–Kier alpha value is -3.88. The zero-order valence-electron chi connectivity index (χ0n) is 26.1. The molecule has 0 bridgehead atoms. The molecule has 0 aromatic heterocycles. The van der Waals surface area contributed by atoms with Gasteiger partial charge < -0.3 is 25.0 Å². The van der Waals surface area contributed by atoms with E-state index in [-0.39, 0.29) is 26.0 Å². The molecule has 0 heterocycles. The molecule has 2 N–H and O–H groups in total. The third-order valence-corrected chi connectivity index (χ3v) is 6.62. The van der Waals surface area contributed by atoms with Crippen molar-refractivity contribution in [2.24, 2.45) is 0 Å². The van der Waals surface area contributed by atoms with Gasteiger partial charge in [0.15, 0.2) is 0 Å². The minimum absolute atomic E-state index is 0.0127. The van der Waals surface area contributed by atoms with Crippen LogP contribution >= 0.6 is 0 Å². The fourth-order valence-electron chi connectivity index (χ4n) is 4.70. The van der Waals surface area contributed by atoms with E-state index in [2.05, 4.69) is 10.6 Å². The second kappa shape index (κ2) is 16.5. The van der Waals surface area contributed by atoms with E-state index in [1.165, 1.54) is 0 Å². The van der Waals surface area contributed by atoms with E-state index in [4.69, 9.17) is 9.47 Å². The normalized spacial score (nSPS) is 12.5. The van der Waals surface area contributed by atoms with Crippen molar-refractivity contribution < 1.29 is 28.7 Å². The molecule has 0 aliphatic carbocycles. The number of alkyl carbamates (subject to hydrolysis) is 1. The Morgan fingerprint density at radius 2 is 1.57 bits per heavy atom. The monoisotopic (exact) mass is 581 g/mol. The maximum atomic E-state index is 14.5. The first-order valence-corrected chi connectivity index (χ1v) is 14.7. The molecule has 230 valence electrons. The van der Waals surface area contributed by atoms with E-state index in [1.54, 1.807) is 32.6 Å². The van der Waals surface area contributed by atoms with Gasteiger partial charge in [0.25, 0.3) is 0 Å². The quantitative estimate of drug-likeness (QED) is 0.297. The molecular formula is C33H47N3O6. The van der Waals surface area contributed by atoms with Gasteiger partial charge in [-0.1, -0.05) is 61.9 Å². The lowest BCUT2D eigenvalue weighted by molar-refractivity contribution is -0.144. The van der Waals surface area contributed by atoms with Crippen molar-refractivity contribution in [3.63, 3.8) is 0 Å². The first-order valence-electron chi connectivity index (χ1n) is 14.7. The van der Waals surface area contributed by atoms with Gasteiger partial charge in [-0.2, -0.15) is 0 Å². The topological polar surface area (TPSA) is 114 Å². The van der Waals surface area contributed by atoms with Crippen molar-refractivity contribution in [3.05, 3.63) is 70.8 Å². The van der Waals surface area contributed by atoms with Crippen LogP contribution in [0, 0.1) is 13.8 Å². The van der Waals surface area contributed by atoms with Crippen molar-refractivity contribution in [1.29, 1.82) is 0 Å². The van der Waals surface area contributed by atoms with Crippen molar-refractivity contribution in [2.45, 2.75) is 91.8 Å². The summed E-state index contributed by atoms with van der Waals surface area (Å²) in [6.45, 7) is 13.4. The van der Waals surface area contributed by atoms with Crippen LogP contribution in [0.25, 0.3) is 0 Å². The van der Waals surface area contributed by atoms with Crippen LogP contribution in [0.5, 0.6) is 0 Å². The van der Waals surface area contributed by atoms with Gasteiger partial charge in [-0.15, -0.1) is 0 Å². The number of hydrogen-bond acceptors (Lipinski definition) is 6. The maximum Gasteiger partial charge on any atom is 0.408 e. The van der Waals surface area contributed by atoms with Crippen LogP contribution in [0.2, 0.25) is 0 Å². The second-order valence-electron chi connectivity index (χ2n) is 11.3. The first kappa shape index (κ1) is 34.3. The number of nitrogens with zero attached hydrogens (tertiary/aromatic N) is 1. The molecule has 3 amide bonds. The number of unbranched alkanes of at least 4 members (excludes halogenated alkanes) is 1. The highest BCUT2D eigenvalue weighted by Gasteiger charge is 2.37. The summed E-state index contributed by atoms with van der Waals surface area (Å²) < 4.78 is 10.5. The summed E-state index contributed by atoms with van der Waals surface area (Å²) >= 11 is 0. The highest BCUT2D eigenvalue weighted by Crippen LogP contribution is 2.29. The molecule has 9 heteroatoms. The third-order valence-electron chi connectivity index (χ3n) is 6.62. The van der Waals surface area contributed by atoms with Crippen molar-refractivity contribution in [2.75, 3.05) is 19.7 Å². The van der Waals surface area contributed by atoms with Crippen LogP contribution in [-0.4, -0.2) is 60.1 Å². The van der Waals surface area contributed by atoms with Gasteiger partial charge in [0.2, 0.25) is 11.8 Å².